The van der Waals surface area contributed by atoms with Crippen LogP contribution in [0.25, 0.3) is 5.69 Å². The van der Waals surface area contributed by atoms with Crippen molar-refractivity contribution in [1.29, 1.82) is 0 Å². The van der Waals surface area contributed by atoms with Crippen molar-refractivity contribution in [1.82, 2.24) is 15.3 Å². The van der Waals surface area contributed by atoms with E-state index in [0.29, 0.717) is 5.11 Å². The zero-order valence-corrected chi connectivity index (χ0v) is 15.3. The number of nitrogens with zero attached hydrogens (tertiary/aromatic N) is 2. The molecule has 2 aromatic rings. The zero-order valence-electron chi connectivity index (χ0n) is 13.8. The number of hydrogen-bond acceptors (Lipinski definition) is 2. The maximum absolute atomic E-state index is 6.16. The van der Waals surface area contributed by atoms with Crippen LogP contribution >= 0.6 is 23.8 Å². The van der Waals surface area contributed by atoms with Gasteiger partial charge in [0.15, 0.2) is 5.11 Å². The molecule has 0 radical (unpaired) electrons. The van der Waals surface area contributed by atoms with Crippen molar-refractivity contribution in [3.63, 3.8) is 0 Å². The smallest absolute Gasteiger partial charge is 0.186 e. The molecule has 0 unspecified atom stereocenters. The number of rotatable bonds is 4. The minimum absolute atomic E-state index is 0.517. The minimum atomic E-state index is 0.517. The minimum Gasteiger partial charge on any atom is -0.362 e. The number of halogens is 1. The molecular weight excluding hydrogens is 328 g/mol. The quantitative estimate of drug-likeness (QED) is 0.500. The fourth-order valence-electron chi connectivity index (χ4n) is 2.47. The molecule has 2 rings (SSSR count). The zero-order chi connectivity index (χ0) is 17.0. The lowest BCUT2D eigenvalue weighted by molar-refractivity contribution is 0.903. The Labute approximate surface area is 147 Å². The van der Waals surface area contributed by atoms with Crippen LogP contribution in [-0.4, -0.2) is 22.4 Å². The molecule has 0 atom stereocenters. The van der Waals surface area contributed by atoms with Gasteiger partial charge in [-0.25, -0.2) is 0 Å². The number of aromatic nitrogens is 1. The number of benzene rings is 1. The van der Waals surface area contributed by atoms with E-state index < -0.39 is 0 Å². The van der Waals surface area contributed by atoms with Crippen LogP contribution in [0.4, 0.5) is 0 Å². The van der Waals surface area contributed by atoms with E-state index in [0.717, 1.165) is 34.2 Å². The van der Waals surface area contributed by atoms with Crippen molar-refractivity contribution >= 4 is 35.1 Å². The van der Waals surface area contributed by atoms with Gasteiger partial charge in [0.05, 0.1) is 6.21 Å². The summed E-state index contributed by atoms with van der Waals surface area (Å²) in [6, 6.07) is 8.01. The van der Waals surface area contributed by atoms with Gasteiger partial charge in [-0.2, -0.15) is 5.10 Å². The van der Waals surface area contributed by atoms with Crippen molar-refractivity contribution in [2.45, 2.75) is 27.7 Å². The van der Waals surface area contributed by atoms with E-state index in [2.05, 4.69) is 47.2 Å². The molecule has 0 aliphatic rings. The third-order valence-corrected chi connectivity index (χ3v) is 4.06. The van der Waals surface area contributed by atoms with Crippen LogP contribution in [0.2, 0.25) is 5.02 Å². The van der Waals surface area contributed by atoms with Gasteiger partial charge in [0.25, 0.3) is 0 Å². The highest BCUT2D eigenvalue weighted by atomic mass is 35.5. The molecule has 0 fully saturated rings. The number of nitrogens with one attached hydrogen (secondary N) is 2. The molecule has 6 heteroatoms. The predicted molar refractivity (Wildman–Crippen MR) is 102 cm³/mol. The van der Waals surface area contributed by atoms with Gasteiger partial charge in [-0.3, -0.25) is 5.43 Å². The van der Waals surface area contributed by atoms with Crippen molar-refractivity contribution in [3.05, 3.63) is 51.8 Å². The van der Waals surface area contributed by atoms with Crippen LogP contribution in [0.15, 0.2) is 29.4 Å². The first-order valence-electron chi connectivity index (χ1n) is 7.46. The summed E-state index contributed by atoms with van der Waals surface area (Å²) >= 11 is 11.2. The van der Waals surface area contributed by atoms with E-state index in [-0.39, 0.29) is 0 Å². The highest BCUT2D eigenvalue weighted by Gasteiger charge is 2.11. The summed E-state index contributed by atoms with van der Waals surface area (Å²) in [5.41, 5.74) is 8.33. The van der Waals surface area contributed by atoms with E-state index in [1.165, 1.54) is 5.56 Å². The largest absolute Gasteiger partial charge is 0.362 e. The van der Waals surface area contributed by atoms with Crippen molar-refractivity contribution in [2.75, 3.05) is 6.54 Å². The molecule has 0 bridgehead atoms. The Kier molecular flexibility index (Phi) is 5.80. The summed E-state index contributed by atoms with van der Waals surface area (Å²) in [6.07, 6.45) is 1.78. The molecule has 1 heterocycles. The molecule has 0 spiro atoms. The van der Waals surface area contributed by atoms with E-state index in [1.54, 1.807) is 6.21 Å². The summed E-state index contributed by atoms with van der Waals surface area (Å²) in [5, 5.41) is 8.42. The Bertz CT molecular complexity index is 749. The third kappa shape index (κ3) is 4.12. The second-order valence-electron chi connectivity index (χ2n) is 5.32. The molecule has 0 saturated heterocycles. The molecule has 1 aromatic carbocycles. The molecule has 0 aliphatic carbocycles. The molecular formula is C17H21ClN4S. The standard InChI is InChI=1S/C17H21ClN4S/c1-5-19-17(23)21-20-10-14-8-12(3)22(13(14)4)16-9-15(18)7-6-11(16)2/h6-10H,5H2,1-4H3,(H2,19,21,23). The summed E-state index contributed by atoms with van der Waals surface area (Å²) in [6.45, 7) is 8.97. The average molecular weight is 349 g/mol. The summed E-state index contributed by atoms with van der Waals surface area (Å²) in [7, 11) is 0. The van der Waals surface area contributed by atoms with Gasteiger partial charge in [0.2, 0.25) is 0 Å². The van der Waals surface area contributed by atoms with E-state index in [9.17, 15) is 0 Å². The third-order valence-electron chi connectivity index (χ3n) is 3.59. The number of thiocarbonyl (C=S) groups is 1. The lowest BCUT2D eigenvalue weighted by atomic mass is 10.2. The van der Waals surface area contributed by atoms with Gasteiger partial charge in [0, 0.05) is 34.2 Å². The molecule has 23 heavy (non-hydrogen) atoms. The van der Waals surface area contributed by atoms with E-state index >= 15 is 0 Å². The first-order chi connectivity index (χ1) is 10.9. The Balaban J connectivity index is 2.31. The second-order valence-corrected chi connectivity index (χ2v) is 6.17. The molecule has 0 saturated carbocycles. The highest BCUT2D eigenvalue weighted by molar-refractivity contribution is 7.80. The Morgan fingerprint density at radius 1 is 1.30 bits per heavy atom. The van der Waals surface area contributed by atoms with Gasteiger partial charge in [-0.1, -0.05) is 17.7 Å². The fraction of sp³-hybridized carbons (Fsp3) is 0.294. The Morgan fingerprint density at radius 3 is 2.74 bits per heavy atom. The van der Waals surface area contributed by atoms with Crippen LogP contribution in [0, 0.1) is 20.8 Å². The van der Waals surface area contributed by atoms with Crippen LogP contribution in [0.3, 0.4) is 0 Å². The SMILES string of the molecule is CCNC(=S)NN=Cc1cc(C)n(-c2cc(Cl)ccc2C)c1C. The van der Waals surface area contributed by atoms with E-state index in [1.807, 2.05) is 25.1 Å². The molecule has 0 amide bonds. The van der Waals surface area contributed by atoms with Crippen LogP contribution < -0.4 is 10.7 Å². The van der Waals surface area contributed by atoms with Gasteiger partial charge >= 0.3 is 0 Å². The molecule has 1 aromatic heterocycles. The molecule has 4 nitrogen and oxygen atoms in total. The van der Waals surface area contributed by atoms with Crippen molar-refractivity contribution in [3.8, 4) is 5.69 Å². The molecule has 2 N–H and O–H groups in total. The van der Waals surface area contributed by atoms with Gasteiger partial charge in [0.1, 0.15) is 0 Å². The summed E-state index contributed by atoms with van der Waals surface area (Å²) < 4.78 is 2.19. The van der Waals surface area contributed by atoms with Crippen LogP contribution in [0.1, 0.15) is 29.4 Å². The van der Waals surface area contributed by atoms with Crippen molar-refractivity contribution < 1.29 is 0 Å². The first-order valence-corrected chi connectivity index (χ1v) is 8.25. The van der Waals surface area contributed by atoms with Crippen LogP contribution in [0.5, 0.6) is 0 Å². The second kappa shape index (κ2) is 7.62. The monoisotopic (exact) mass is 348 g/mol. The molecule has 122 valence electrons. The summed E-state index contributed by atoms with van der Waals surface area (Å²) in [4.78, 5) is 0. The maximum atomic E-state index is 6.16. The first kappa shape index (κ1) is 17.5. The molecule has 0 aliphatic heterocycles. The normalized spacial score (nSPS) is 11.0. The van der Waals surface area contributed by atoms with Gasteiger partial charge in [-0.05, 0) is 63.7 Å². The summed E-state index contributed by atoms with van der Waals surface area (Å²) in [5.74, 6) is 0. The maximum Gasteiger partial charge on any atom is 0.186 e. The highest BCUT2D eigenvalue weighted by Crippen LogP contribution is 2.25. The Hall–Kier alpha value is -1.85. The fourth-order valence-corrected chi connectivity index (χ4v) is 2.84. The lowest BCUT2D eigenvalue weighted by Crippen LogP contribution is -2.31. The predicted octanol–water partition coefficient (Wildman–Crippen LogP) is 3.87. The number of aryl methyl sites for hydroxylation is 2. The van der Waals surface area contributed by atoms with Gasteiger partial charge in [-0.15, -0.1) is 0 Å². The topological polar surface area (TPSA) is 41.4 Å². The van der Waals surface area contributed by atoms with Crippen LogP contribution in [-0.2, 0) is 0 Å². The average Bonchev–Trinajstić information content (AvgIpc) is 2.77. The van der Waals surface area contributed by atoms with Crippen molar-refractivity contribution in [2.24, 2.45) is 5.10 Å². The van der Waals surface area contributed by atoms with Gasteiger partial charge < -0.3 is 9.88 Å². The Morgan fingerprint density at radius 2 is 2.04 bits per heavy atom. The number of hydrogen-bond donors (Lipinski definition) is 2. The lowest BCUT2D eigenvalue weighted by Gasteiger charge is -2.13. The number of hydrazone groups is 1. The van der Waals surface area contributed by atoms with E-state index in [4.69, 9.17) is 23.8 Å².